The Balaban J connectivity index is 2.56. The zero-order chi connectivity index (χ0) is 17.7. The molecule has 2 rings (SSSR count). The third-order valence-electron chi connectivity index (χ3n) is 3.54. The van der Waals surface area contributed by atoms with Gasteiger partial charge >= 0.3 is 0 Å². The molecule has 0 atom stereocenters. The van der Waals surface area contributed by atoms with Crippen molar-refractivity contribution in [3.63, 3.8) is 0 Å². The smallest absolute Gasteiger partial charge is 0.253 e. The fraction of sp³-hybridized carbons (Fsp3) is 0.211. The normalized spacial score (nSPS) is 11.1. The molecule has 126 valence electrons. The molecule has 0 spiro atoms. The Kier molecular flexibility index (Phi) is 5.47. The third-order valence-corrected chi connectivity index (χ3v) is 3.54. The molecule has 0 aromatic heterocycles. The van der Waals surface area contributed by atoms with Crippen LogP contribution in [0, 0.1) is 0 Å². The Bertz CT molecular complexity index is 727. The van der Waals surface area contributed by atoms with Crippen LogP contribution in [0.1, 0.15) is 11.1 Å². The molecule has 0 fully saturated rings. The molecule has 0 saturated carbocycles. The van der Waals surface area contributed by atoms with Gasteiger partial charge in [0.1, 0.15) is 11.5 Å². The van der Waals surface area contributed by atoms with Gasteiger partial charge in [0.15, 0.2) is 0 Å². The van der Waals surface area contributed by atoms with Crippen molar-refractivity contribution >= 4 is 23.2 Å². The fourth-order valence-corrected chi connectivity index (χ4v) is 2.25. The Hall–Kier alpha value is -2.95. The molecule has 5 heteroatoms. The maximum Gasteiger partial charge on any atom is 0.253 e. The number of ether oxygens (including phenoxy) is 2. The van der Waals surface area contributed by atoms with Gasteiger partial charge in [0.2, 0.25) is 0 Å². The topological polar surface area (TPSA) is 64.8 Å². The highest BCUT2D eigenvalue weighted by Gasteiger charge is 2.14. The van der Waals surface area contributed by atoms with Gasteiger partial charge in [-0.25, -0.2) is 0 Å². The molecule has 2 N–H and O–H groups in total. The molecular weight excluding hydrogens is 304 g/mol. The van der Waals surface area contributed by atoms with E-state index in [9.17, 15) is 4.79 Å². The lowest BCUT2D eigenvalue weighted by molar-refractivity contribution is -0.122. The van der Waals surface area contributed by atoms with Crippen molar-refractivity contribution in [2.75, 3.05) is 34.0 Å². The minimum atomic E-state index is -0.0958. The van der Waals surface area contributed by atoms with Crippen LogP contribution in [-0.2, 0) is 4.79 Å². The number of benzene rings is 2. The minimum absolute atomic E-state index is 0.0958. The summed E-state index contributed by atoms with van der Waals surface area (Å²) in [5, 5.41) is 0. The van der Waals surface area contributed by atoms with E-state index in [1.54, 1.807) is 51.4 Å². The second-order valence-electron chi connectivity index (χ2n) is 5.53. The number of carbonyl (C=O) groups excluding carboxylic acids is 1. The van der Waals surface area contributed by atoms with E-state index in [0.29, 0.717) is 22.8 Å². The van der Waals surface area contributed by atoms with E-state index < -0.39 is 0 Å². The number of hydrogen-bond donors (Lipinski definition) is 1. The Morgan fingerprint density at radius 1 is 1.00 bits per heavy atom. The van der Waals surface area contributed by atoms with Gasteiger partial charge < -0.3 is 20.1 Å². The SMILES string of the molecule is COc1cc(/C=C(/C(=O)N(C)C)c2ccc(N)cc2)cc(OC)c1. The standard InChI is InChI=1S/C19H22N2O3/c1-21(2)19(22)18(14-5-7-15(20)8-6-14)11-13-9-16(23-3)12-17(10-13)24-4/h5-12H,20H2,1-4H3/b18-11+. The Morgan fingerprint density at radius 3 is 2.00 bits per heavy atom. The Labute approximate surface area is 142 Å². The van der Waals surface area contributed by atoms with Gasteiger partial charge in [0, 0.05) is 31.4 Å². The van der Waals surface area contributed by atoms with Crippen molar-refractivity contribution in [3.8, 4) is 11.5 Å². The molecule has 0 aliphatic rings. The highest BCUT2D eigenvalue weighted by atomic mass is 16.5. The lowest BCUT2D eigenvalue weighted by atomic mass is 10.0. The molecule has 0 unspecified atom stereocenters. The lowest BCUT2D eigenvalue weighted by Gasteiger charge is -2.15. The number of hydrogen-bond acceptors (Lipinski definition) is 4. The highest BCUT2D eigenvalue weighted by molar-refractivity contribution is 6.24. The minimum Gasteiger partial charge on any atom is -0.497 e. The van der Waals surface area contributed by atoms with Crippen molar-refractivity contribution in [3.05, 3.63) is 53.6 Å². The zero-order valence-corrected chi connectivity index (χ0v) is 14.4. The number of nitrogen functional groups attached to an aromatic ring is 1. The highest BCUT2D eigenvalue weighted by Crippen LogP contribution is 2.27. The van der Waals surface area contributed by atoms with Crippen molar-refractivity contribution in [2.45, 2.75) is 0 Å². The summed E-state index contributed by atoms with van der Waals surface area (Å²) >= 11 is 0. The number of carbonyl (C=O) groups is 1. The summed E-state index contributed by atoms with van der Waals surface area (Å²) < 4.78 is 10.6. The number of amides is 1. The van der Waals surface area contributed by atoms with Crippen molar-refractivity contribution in [1.29, 1.82) is 0 Å². The van der Waals surface area contributed by atoms with Crippen LogP contribution in [0.5, 0.6) is 11.5 Å². The summed E-state index contributed by atoms with van der Waals surface area (Å²) in [6, 6.07) is 12.7. The van der Waals surface area contributed by atoms with Gasteiger partial charge in [0.25, 0.3) is 5.91 Å². The maximum atomic E-state index is 12.6. The Morgan fingerprint density at radius 2 is 1.54 bits per heavy atom. The van der Waals surface area contributed by atoms with Crippen LogP contribution in [0.4, 0.5) is 5.69 Å². The summed E-state index contributed by atoms with van der Waals surface area (Å²) in [7, 11) is 6.63. The van der Waals surface area contributed by atoms with E-state index in [2.05, 4.69) is 0 Å². The first-order valence-corrected chi connectivity index (χ1v) is 7.47. The number of rotatable bonds is 5. The first kappa shape index (κ1) is 17.4. The average Bonchev–Trinajstić information content (AvgIpc) is 2.59. The summed E-state index contributed by atoms with van der Waals surface area (Å²) in [6.07, 6.45) is 1.82. The van der Waals surface area contributed by atoms with Crippen LogP contribution in [-0.4, -0.2) is 39.1 Å². The molecule has 0 bridgehead atoms. The average molecular weight is 326 g/mol. The quantitative estimate of drug-likeness (QED) is 0.521. The number of nitrogens with zero attached hydrogens (tertiary/aromatic N) is 1. The van der Waals surface area contributed by atoms with Gasteiger partial charge in [-0.15, -0.1) is 0 Å². The molecule has 2 aromatic rings. The van der Waals surface area contributed by atoms with Gasteiger partial charge in [-0.3, -0.25) is 4.79 Å². The van der Waals surface area contributed by atoms with Gasteiger partial charge in [-0.1, -0.05) is 12.1 Å². The summed E-state index contributed by atoms with van der Waals surface area (Å²) in [4.78, 5) is 14.1. The number of methoxy groups -OCH3 is 2. The maximum absolute atomic E-state index is 12.6. The molecule has 1 amide bonds. The molecule has 0 saturated heterocycles. The molecule has 0 aliphatic carbocycles. The van der Waals surface area contributed by atoms with Crippen LogP contribution in [0.25, 0.3) is 11.6 Å². The number of likely N-dealkylation sites (N-methyl/N-ethyl adjacent to an activating group) is 1. The lowest BCUT2D eigenvalue weighted by Crippen LogP contribution is -2.22. The van der Waals surface area contributed by atoms with Crippen LogP contribution < -0.4 is 15.2 Å². The summed E-state index contributed by atoms with van der Waals surface area (Å²) in [5.74, 6) is 1.23. The second-order valence-corrected chi connectivity index (χ2v) is 5.53. The van der Waals surface area contributed by atoms with Gasteiger partial charge in [-0.2, -0.15) is 0 Å². The predicted molar refractivity (Wildman–Crippen MR) is 97.0 cm³/mol. The molecular formula is C19H22N2O3. The number of nitrogens with two attached hydrogens (primary N) is 1. The van der Waals surface area contributed by atoms with Crippen molar-refractivity contribution in [1.82, 2.24) is 4.90 Å². The first-order chi connectivity index (χ1) is 11.4. The van der Waals surface area contributed by atoms with E-state index in [-0.39, 0.29) is 5.91 Å². The van der Waals surface area contributed by atoms with E-state index in [0.717, 1.165) is 11.1 Å². The van der Waals surface area contributed by atoms with Gasteiger partial charge in [0.05, 0.1) is 14.2 Å². The van der Waals surface area contributed by atoms with Crippen LogP contribution in [0.3, 0.4) is 0 Å². The predicted octanol–water partition coefficient (Wildman–Crippen LogP) is 2.91. The van der Waals surface area contributed by atoms with Crippen LogP contribution in [0.2, 0.25) is 0 Å². The van der Waals surface area contributed by atoms with Gasteiger partial charge in [-0.05, 0) is 41.5 Å². The van der Waals surface area contributed by atoms with Crippen molar-refractivity contribution < 1.29 is 14.3 Å². The van der Waals surface area contributed by atoms with Crippen LogP contribution in [0.15, 0.2) is 42.5 Å². The second kappa shape index (κ2) is 7.55. The summed E-state index contributed by atoms with van der Waals surface area (Å²) in [5.41, 5.74) is 8.57. The van der Waals surface area contributed by atoms with E-state index in [1.165, 1.54) is 0 Å². The summed E-state index contributed by atoms with van der Waals surface area (Å²) in [6.45, 7) is 0. The van der Waals surface area contributed by atoms with Crippen molar-refractivity contribution in [2.24, 2.45) is 0 Å². The molecule has 0 aliphatic heterocycles. The van der Waals surface area contributed by atoms with E-state index in [4.69, 9.17) is 15.2 Å². The monoisotopic (exact) mass is 326 g/mol. The fourth-order valence-electron chi connectivity index (χ4n) is 2.25. The molecule has 0 radical (unpaired) electrons. The molecule has 5 nitrogen and oxygen atoms in total. The molecule has 24 heavy (non-hydrogen) atoms. The largest absolute Gasteiger partial charge is 0.497 e. The molecule has 0 heterocycles. The zero-order valence-electron chi connectivity index (χ0n) is 14.4. The first-order valence-electron chi connectivity index (χ1n) is 7.47. The number of anilines is 1. The van der Waals surface area contributed by atoms with Crippen LogP contribution >= 0.6 is 0 Å². The van der Waals surface area contributed by atoms with E-state index >= 15 is 0 Å². The third kappa shape index (κ3) is 4.07. The van der Waals surface area contributed by atoms with E-state index in [1.807, 2.05) is 30.3 Å². The molecule has 2 aromatic carbocycles.